The molecule has 1 aromatic carbocycles. The lowest BCUT2D eigenvalue weighted by Crippen LogP contribution is -1.96. The van der Waals surface area contributed by atoms with Crippen LogP contribution in [0.15, 0.2) is 34.7 Å². The maximum absolute atomic E-state index is 10.6. The number of rotatable bonds is 5. The molecule has 5 nitrogen and oxygen atoms in total. The number of aromatic carboxylic acids is 1. The number of aldehydes is 1. The molecule has 1 aromatic heterocycles. The summed E-state index contributed by atoms with van der Waals surface area (Å²) in [5.41, 5.74) is 0.448. The number of carbonyl (C=O) groups excluding carboxylic acids is 1. The van der Waals surface area contributed by atoms with Crippen molar-refractivity contribution < 1.29 is 23.8 Å². The van der Waals surface area contributed by atoms with E-state index in [1.807, 2.05) is 0 Å². The summed E-state index contributed by atoms with van der Waals surface area (Å²) in [4.78, 5) is 21.2. The molecule has 0 bridgehead atoms. The summed E-state index contributed by atoms with van der Waals surface area (Å²) in [6, 6.07) is 7.47. The van der Waals surface area contributed by atoms with Crippen LogP contribution in [0.25, 0.3) is 0 Å². The first-order chi connectivity index (χ1) is 9.10. The van der Waals surface area contributed by atoms with Crippen molar-refractivity contribution in [3.05, 3.63) is 52.4 Å². The van der Waals surface area contributed by atoms with Crippen LogP contribution in [0.5, 0.6) is 5.75 Å². The minimum atomic E-state index is -1.14. The highest BCUT2D eigenvalue weighted by Gasteiger charge is 2.10. The Kier molecular flexibility index (Phi) is 3.87. The quantitative estimate of drug-likeness (QED) is 0.852. The maximum Gasteiger partial charge on any atom is 0.371 e. The van der Waals surface area contributed by atoms with Gasteiger partial charge in [0.05, 0.1) is 5.02 Å². The number of benzene rings is 1. The average Bonchev–Trinajstić information content (AvgIpc) is 2.86. The summed E-state index contributed by atoms with van der Waals surface area (Å²) >= 11 is 5.92. The van der Waals surface area contributed by atoms with Crippen LogP contribution in [-0.4, -0.2) is 17.4 Å². The van der Waals surface area contributed by atoms with Crippen LogP contribution in [0.1, 0.15) is 26.7 Å². The second kappa shape index (κ2) is 5.58. The molecular formula is C13H9ClO5. The molecule has 0 saturated heterocycles. The Balaban J connectivity index is 2.05. The van der Waals surface area contributed by atoms with Crippen molar-refractivity contribution in [2.75, 3.05) is 0 Å². The van der Waals surface area contributed by atoms with Crippen molar-refractivity contribution in [2.24, 2.45) is 0 Å². The molecule has 0 aliphatic rings. The molecule has 2 aromatic rings. The lowest BCUT2D eigenvalue weighted by Gasteiger charge is -2.06. The first-order valence-corrected chi connectivity index (χ1v) is 5.67. The van der Waals surface area contributed by atoms with E-state index in [-0.39, 0.29) is 12.4 Å². The van der Waals surface area contributed by atoms with Gasteiger partial charge in [-0.2, -0.15) is 0 Å². The highest BCUT2D eigenvalue weighted by Crippen LogP contribution is 2.26. The van der Waals surface area contributed by atoms with Crippen LogP contribution in [-0.2, 0) is 6.61 Å². The number of carboxylic acid groups (broad SMARTS) is 1. The van der Waals surface area contributed by atoms with Gasteiger partial charge in [0.25, 0.3) is 0 Å². The second-order valence-electron chi connectivity index (χ2n) is 3.67. The van der Waals surface area contributed by atoms with Gasteiger partial charge in [0, 0.05) is 5.56 Å². The lowest BCUT2D eigenvalue weighted by atomic mass is 10.2. The molecule has 0 atom stereocenters. The minimum absolute atomic E-state index is 0.0490. The van der Waals surface area contributed by atoms with Gasteiger partial charge in [-0.05, 0) is 30.3 Å². The normalized spacial score (nSPS) is 10.2. The van der Waals surface area contributed by atoms with Gasteiger partial charge in [0.1, 0.15) is 24.4 Å². The number of furan rings is 1. The summed E-state index contributed by atoms with van der Waals surface area (Å²) in [7, 11) is 0. The van der Waals surface area contributed by atoms with E-state index >= 15 is 0 Å². The fourth-order valence-corrected chi connectivity index (χ4v) is 1.67. The summed E-state index contributed by atoms with van der Waals surface area (Å²) < 4.78 is 10.4. The number of carbonyl (C=O) groups is 2. The number of halogens is 1. The van der Waals surface area contributed by atoms with Crippen molar-refractivity contribution >= 4 is 23.9 Å². The zero-order chi connectivity index (χ0) is 13.8. The zero-order valence-electron chi connectivity index (χ0n) is 9.63. The van der Waals surface area contributed by atoms with Gasteiger partial charge in [-0.25, -0.2) is 4.79 Å². The van der Waals surface area contributed by atoms with Gasteiger partial charge in [0.2, 0.25) is 5.76 Å². The van der Waals surface area contributed by atoms with Crippen molar-refractivity contribution in [3.63, 3.8) is 0 Å². The third-order valence-corrected chi connectivity index (χ3v) is 2.63. The Morgan fingerprint density at radius 2 is 2.16 bits per heavy atom. The van der Waals surface area contributed by atoms with Crippen LogP contribution < -0.4 is 4.74 Å². The summed E-state index contributed by atoms with van der Waals surface area (Å²) in [6.07, 6.45) is 0.682. The fourth-order valence-electron chi connectivity index (χ4n) is 1.43. The highest BCUT2D eigenvalue weighted by molar-refractivity contribution is 6.32. The van der Waals surface area contributed by atoms with Gasteiger partial charge < -0.3 is 14.3 Å². The van der Waals surface area contributed by atoms with E-state index in [1.54, 1.807) is 12.1 Å². The van der Waals surface area contributed by atoms with Gasteiger partial charge in [-0.1, -0.05) is 11.6 Å². The van der Waals surface area contributed by atoms with Crippen molar-refractivity contribution in [3.8, 4) is 5.75 Å². The predicted octanol–water partition coefficient (Wildman–Crippen LogP) is 3.02. The number of hydrogen-bond donors (Lipinski definition) is 1. The molecule has 19 heavy (non-hydrogen) atoms. The van der Waals surface area contributed by atoms with Crippen LogP contribution >= 0.6 is 11.6 Å². The second-order valence-corrected chi connectivity index (χ2v) is 4.07. The summed E-state index contributed by atoms with van der Waals surface area (Å²) in [5, 5.41) is 9.00. The Morgan fingerprint density at radius 3 is 2.74 bits per heavy atom. The molecule has 0 unspecified atom stereocenters. The van der Waals surface area contributed by atoms with Gasteiger partial charge >= 0.3 is 5.97 Å². The zero-order valence-corrected chi connectivity index (χ0v) is 10.4. The third kappa shape index (κ3) is 3.14. The minimum Gasteiger partial charge on any atom is -0.484 e. The van der Waals surface area contributed by atoms with E-state index < -0.39 is 5.97 Å². The molecule has 2 rings (SSSR count). The van der Waals surface area contributed by atoms with E-state index in [9.17, 15) is 9.59 Å². The molecule has 0 saturated carbocycles. The Bertz CT molecular complexity index is 617. The number of carboxylic acids is 1. The Morgan fingerprint density at radius 1 is 1.37 bits per heavy atom. The SMILES string of the molecule is O=Cc1ccc(OCc2ccc(C(=O)O)o2)c(Cl)c1. The molecule has 6 heteroatoms. The molecule has 0 aliphatic carbocycles. The van der Waals surface area contributed by atoms with Crippen LogP contribution in [0, 0.1) is 0 Å². The van der Waals surface area contributed by atoms with Crippen molar-refractivity contribution in [2.45, 2.75) is 6.61 Å². The first-order valence-electron chi connectivity index (χ1n) is 5.29. The topological polar surface area (TPSA) is 76.7 Å². The van der Waals surface area contributed by atoms with Crippen LogP contribution in [0.4, 0.5) is 0 Å². The van der Waals surface area contributed by atoms with E-state index in [1.165, 1.54) is 18.2 Å². The molecule has 0 radical (unpaired) electrons. The molecule has 1 heterocycles. The molecule has 0 spiro atoms. The Hall–Kier alpha value is -2.27. The molecule has 98 valence electrons. The molecule has 0 fully saturated rings. The van der Waals surface area contributed by atoms with Crippen LogP contribution in [0.2, 0.25) is 5.02 Å². The van der Waals surface area contributed by atoms with Gasteiger partial charge in [-0.15, -0.1) is 0 Å². The molecule has 1 N–H and O–H groups in total. The van der Waals surface area contributed by atoms with Crippen molar-refractivity contribution in [1.29, 1.82) is 0 Å². The predicted molar refractivity (Wildman–Crippen MR) is 66.8 cm³/mol. The van der Waals surface area contributed by atoms with E-state index in [0.717, 1.165) is 0 Å². The monoisotopic (exact) mass is 280 g/mol. The molecule has 0 amide bonds. The maximum atomic E-state index is 10.6. The lowest BCUT2D eigenvalue weighted by molar-refractivity contribution is 0.0658. The number of hydrogen-bond acceptors (Lipinski definition) is 4. The van der Waals surface area contributed by atoms with Gasteiger partial charge in [-0.3, -0.25) is 4.79 Å². The fraction of sp³-hybridized carbons (Fsp3) is 0.0769. The third-order valence-electron chi connectivity index (χ3n) is 2.33. The Labute approximate surface area is 113 Å². The van der Waals surface area contributed by atoms with E-state index in [4.69, 9.17) is 25.9 Å². The van der Waals surface area contributed by atoms with E-state index in [0.29, 0.717) is 28.4 Å². The average molecular weight is 281 g/mol. The summed E-state index contributed by atoms with van der Waals surface area (Å²) in [6.45, 7) is 0.0490. The first kappa shape index (κ1) is 13.2. The largest absolute Gasteiger partial charge is 0.484 e. The highest BCUT2D eigenvalue weighted by atomic mass is 35.5. The smallest absolute Gasteiger partial charge is 0.371 e. The van der Waals surface area contributed by atoms with Crippen molar-refractivity contribution in [1.82, 2.24) is 0 Å². The molecular weight excluding hydrogens is 272 g/mol. The summed E-state index contributed by atoms with van der Waals surface area (Å²) in [5.74, 6) is -0.533. The van der Waals surface area contributed by atoms with Gasteiger partial charge in [0.15, 0.2) is 0 Å². The number of ether oxygens (including phenoxy) is 1. The standard InChI is InChI=1S/C13H9ClO5/c14-10-5-8(6-15)1-3-11(10)18-7-9-2-4-12(19-9)13(16)17/h1-6H,7H2,(H,16,17). The van der Waals surface area contributed by atoms with E-state index in [2.05, 4.69) is 0 Å². The molecule has 0 aliphatic heterocycles. The van der Waals surface area contributed by atoms with Crippen LogP contribution in [0.3, 0.4) is 0 Å².